The average Bonchev–Trinajstić information content (AvgIpc) is 3.95. The third kappa shape index (κ3) is 9.37. The zero-order valence-corrected chi connectivity index (χ0v) is 46.3. The van der Waals surface area contributed by atoms with Crippen molar-refractivity contribution in [2.75, 3.05) is 9.80 Å². The maximum atomic E-state index is 7.08. The van der Waals surface area contributed by atoms with E-state index in [9.17, 15) is 0 Å². The van der Waals surface area contributed by atoms with Crippen LogP contribution in [0.15, 0.2) is 194 Å². The van der Waals surface area contributed by atoms with Crippen molar-refractivity contribution in [3.63, 3.8) is 0 Å². The minimum Gasteiger partial charge on any atom is -0.509 e. The summed E-state index contributed by atoms with van der Waals surface area (Å²) < 4.78 is 9.33. The number of hydrogen-bond acceptors (Lipinski definition) is 4. The van der Waals surface area contributed by atoms with Gasteiger partial charge in [-0.1, -0.05) is 196 Å². The Bertz CT molecular complexity index is 3660. The molecule has 374 valence electrons. The van der Waals surface area contributed by atoms with Crippen molar-refractivity contribution in [2.24, 2.45) is 0 Å². The molecular weight excluding hydrogens is 1080 g/mol. The topological polar surface area (TPSA) is 33.5 Å². The van der Waals surface area contributed by atoms with Gasteiger partial charge in [-0.05, 0) is 103 Å². The normalized spacial score (nSPS) is 13.1. The molecule has 8 aromatic carbocycles. The first-order valence-corrected chi connectivity index (χ1v) is 25.5. The van der Waals surface area contributed by atoms with Crippen molar-refractivity contribution in [1.29, 1.82) is 0 Å². The number of benzene rings is 8. The van der Waals surface area contributed by atoms with Crippen LogP contribution in [0.2, 0.25) is 0 Å². The largest absolute Gasteiger partial charge is 0.509 e. The summed E-state index contributed by atoms with van der Waals surface area (Å²) in [6.07, 6.45) is 1.93. The van der Waals surface area contributed by atoms with Crippen molar-refractivity contribution >= 4 is 44.6 Å². The van der Waals surface area contributed by atoms with Crippen LogP contribution >= 0.6 is 0 Å². The fraction of sp³-hybridized carbons (Fsp3) is 0.206. The second kappa shape index (κ2) is 19.3. The average molecular weight is 1150 g/mol. The predicted octanol–water partition coefficient (Wildman–Crippen LogP) is 17.9. The number of aromatic nitrogens is 2. The number of anilines is 4. The maximum Gasteiger partial charge on any atom is 0.135 e. The van der Waals surface area contributed by atoms with Gasteiger partial charge in [0.25, 0.3) is 0 Å². The molecule has 11 rings (SSSR count). The smallest absolute Gasteiger partial charge is 0.135 e. The molecule has 1 aliphatic rings. The molecule has 5 nitrogen and oxygen atoms in total. The Hall–Kier alpha value is -7.20. The Labute approximate surface area is 452 Å². The van der Waals surface area contributed by atoms with E-state index in [4.69, 9.17) is 9.72 Å². The molecule has 0 amide bonds. The predicted molar refractivity (Wildman–Crippen MR) is 304 cm³/mol. The van der Waals surface area contributed by atoms with Crippen LogP contribution in [0.4, 0.5) is 22.7 Å². The van der Waals surface area contributed by atoms with Crippen LogP contribution in [0.5, 0.6) is 11.5 Å². The van der Waals surface area contributed by atoms with Crippen LogP contribution in [0.25, 0.3) is 38.8 Å². The van der Waals surface area contributed by atoms with E-state index >= 15 is 0 Å². The van der Waals surface area contributed by atoms with Gasteiger partial charge in [-0.25, -0.2) is 4.98 Å². The molecule has 0 fully saturated rings. The Kier molecular flexibility index (Phi) is 13.1. The third-order valence-corrected chi connectivity index (χ3v) is 15.0. The van der Waals surface area contributed by atoms with E-state index in [1.54, 1.807) is 0 Å². The minimum absolute atomic E-state index is 0. The number of nitrogens with zero attached hydrogens (tertiary/aromatic N) is 4. The summed E-state index contributed by atoms with van der Waals surface area (Å²) in [5.74, 6) is 2.03. The summed E-state index contributed by atoms with van der Waals surface area (Å²) in [6, 6.07) is 75.2. The van der Waals surface area contributed by atoms with Crippen LogP contribution in [-0.2, 0) is 42.7 Å². The Morgan fingerprint density at radius 2 is 1.05 bits per heavy atom. The van der Waals surface area contributed by atoms with E-state index in [-0.39, 0.29) is 42.7 Å². The Morgan fingerprint density at radius 1 is 0.446 bits per heavy atom. The SMILES string of the molecule is CC(C)(C)c1cc(-c2ccccc2)cc(N2[CH-]N(c3[c-]c(Oc4[c-]c5c(cc4)c4cc(C(C)(C)c6ccccc6)ccc4n5-c4cc(C(C)(C)C)ccn4)cc(C(C)(C)c4ccccc4)c3)c3ccccc32)c1.[Pt]. The van der Waals surface area contributed by atoms with Gasteiger partial charge in [0.15, 0.2) is 0 Å². The standard InChI is InChI=1S/C68H63N4O.Pt/c1-65(2,3)50-34-35-69-64(42-50)72-60-33-30-51(67(7,8)48-24-16-12-17-25-48)41-59(60)58-32-31-56(44-63(58)72)73-57-40-53(68(9,10)49-26-18-13-19-27-49)39-55(43-57)71-45-70(61-28-20-21-29-62(61)71)54-37-47(46-22-14-11-15-23-46)36-52(38-54)66(4,5)6;/h11-42,45H,1-10H3;/q-3;. The van der Waals surface area contributed by atoms with Gasteiger partial charge in [0, 0.05) is 66.8 Å². The number of hydrogen-bond donors (Lipinski definition) is 0. The molecule has 10 aromatic rings. The molecule has 0 saturated heterocycles. The Balaban J connectivity index is 0.00000626. The van der Waals surface area contributed by atoms with Crippen molar-refractivity contribution in [1.82, 2.24) is 9.55 Å². The van der Waals surface area contributed by atoms with Gasteiger partial charge in [0.2, 0.25) is 0 Å². The van der Waals surface area contributed by atoms with Crippen LogP contribution in [0.1, 0.15) is 103 Å². The fourth-order valence-corrected chi connectivity index (χ4v) is 10.3. The first-order chi connectivity index (χ1) is 34.9. The molecular formula is C68H63N4OPt-3. The van der Waals surface area contributed by atoms with Crippen LogP contribution < -0.4 is 14.5 Å². The number of rotatable bonds is 10. The summed E-state index contributed by atoms with van der Waals surface area (Å²) >= 11 is 0. The van der Waals surface area contributed by atoms with E-state index in [1.165, 1.54) is 38.9 Å². The maximum absolute atomic E-state index is 7.08. The monoisotopic (exact) mass is 1150 g/mol. The summed E-state index contributed by atoms with van der Waals surface area (Å²) in [5, 5.41) is 2.22. The summed E-state index contributed by atoms with van der Waals surface area (Å²) in [5.41, 5.74) is 15.0. The molecule has 0 radical (unpaired) electrons. The van der Waals surface area contributed by atoms with Gasteiger partial charge in [-0.15, -0.1) is 53.6 Å². The van der Waals surface area contributed by atoms with Gasteiger partial charge in [-0.2, -0.15) is 6.07 Å². The van der Waals surface area contributed by atoms with E-state index in [0.717, 1.165) is 55.9 Å². The summed E-state index contributed by atoms with van der Waals surface area (Å²) in [7, 11) is 0. The first-order valence-electron chi connectivity index (χ1n) is 25.5. The number of pyridine rings is 1. The second-order valence-electron chi connectivity index (χ2n) is 22.7. The molecule has 0 saturated carbocycles. The van der Waals surface area contributed by atoms with Gasteiger partial charge < -0.3 is 19.1 Å². The number of fused-ring (bicyclic) bond motifs is 4. The van der Waals surface area contributed by atoms with Gasteiger partial charge in [0.05, 0.1) is 0 Å². The first kappa shape index (κ1) is 50.3. The molecule has 0 spiro atoms. The van der Waals surface area contributed by atoms with Crippen LogP contribution in [0, 0.1) is 18.8 Å². The van der Waals surface area contributed by atoms with Gasteiger partial charge in [0.1, 0.15) is 5.82 Å². The molecule has 1 aliphatic heterocycles. The molecule has 0 atom stereocenters. The molecule has 6 heteroatoms. The van der Waals surface area contributed by atoms with E-state index < -0.39 is 0 Å². The second-order valence-corrected chi connectivity index (χ2v) is 22.7. The number of para-hydroxylation sites is 2. The van der Waals surface area contributed by atoms with E-state index in [2.05, 4.69) is 284 Å². The Morgan fingerprint density at radius 3 is 1.70 bits per heavy atom. The molecule has 2 aromatic heterocycles. The fourth-order valence-electron chi connectivity index (χ4n) is 10.3. The van der Waals surface area contributed by atoms with E-state index in [0.29, 0.717) is 11.5 Å². The van der Waals surface area contributed by atoms with Crippen LogP contribution in [-0.4, -0.2) is 9.55 Å². The van der Waals surface area contributed by atoms with Crippen molar-refractivity contribution in [3.05, 3.63) is 246 Å². The minimum atomic E-state index is -0.386. The molecule has 0 bridgehead atoms. The zero-order chi connectivity index (χ0) is 50.9. The van der Waals surface area contributed by atoms with Gasteiger partial charge in [-0.3, -0.25) is 0 Å². The molecule has 0 unspecified atom stereocenters. The molecule has 74 heavy (non-hydrogen) atoms. The van der Waals surface area contributed by atoms with Crippen molar-refractivity contribution < 1.29 is 25.8 Å². The summed E-state index contributed by atoms with van der Waals surface area (Å²) in [4.78, 5) is 9.59. The molecule has 0 N–H and O–H groups in total. The molecule has 0 aliphatic carbocycles. The van der Waals surface area contributed by atoms with Gasteiger partial charge >= 0.3 is 0 Å². The summed E-state index contributed by atoms with van der Waals surface area (Å²) in [6.45, 7) is 25.0. The van der Waals surface area contributed by atoms with Crippen molar-refractivity contribution in [2.45, 2.75) is 90.9 Å². The third-order valence-electron chi connectivity index (χ3n) is 15.0. The van der Waals surface area contributed by atoms with Crippen molar-refractivity contribution in [3.8, 4) is 28.4 Å². The van der Waals surface area contributed by atoms with E-state index in [1.807, 2.05) is 12.3 Å². The molecule has 3 heterocycles. The quantitative estimate of drug-likeness (QED) is 0.128. The zero-order valence-electron chi connectivity index (χ0n) is 44.1. The van der Waals surface area contributed by atoms with Crippen LogP contribution in [0.3, 0.4) is 0 Å². The number of ether oxygens (including phenoxy) is 1.